The first-order valence-corrected chi connectivity index (χ1v) is 10.5. The Labute approximate surface area is 178 Å². The Balaban J connectivity index is 2.24. The molecule has 3 amide bonds. The fourth-order valence-corrected chi connectivity index (χ4v) is 3.54. The lowest BCUT2D eigenvalue weighted by molar-refractivity contribution is 0.0543. The average molecular weight is 420 g/mol. The molecule has 30 heavy (non-hydrogen) atoms. The second-order valence-electron chi connectivity index (χ2n) is 7.91. The van der Waals surface area contributed by atoms with Crippen LogP contribution < -0.4 is 5.32 Å². The van der Waals surface area contributed by atoms with Crippen LogP contribution in [0.2, 0.25) is 0 Å². The van der Waals surface area contributed by atoms with Gasteiger partial charge in [0.1, 0.15) is 17.1 Å². The molecule has 1 aliphatic heterocycles. The van der Waals surface area contributed by atoms with Crippen LogP contribution in [0, 0.1) is 6.92 Å². The quantitative estimate of drug-likeness (QED) is 0.561. The third-order valence-electron chi connectivity index (χ3n) is 5.17. The van der Waals surface area contributed by atoms with Crippen LogP contribution in [0.4, 0.5) is 4.79 Å². The number of urea groups is 1. The Kier molecular flexibility index (Phi) is 8.14. The van der Waals surface area contributed by atoms with E-state index < -0.39 is 5.97 Å². The van der Waals surface area contributed by atoms with Gasteiger partial charge in [0, 0.05) is 32.2 Å². The number of hydrogen-bond acceptors (Lipinski definition) is 6. The molecule has 1 aromatic rings. The van der Waals surface area contributed by atoms with Gasteiger partial charge in [-0.05, 0) is 26.2 Å². The summed E-state index contributed by atoms with van der Waals surface area (Å²) in [4.78, 5) is 50.2. The largest absolute Gasteiger partial charge is 0.465 e. The third kappa shape index (κ3) is 5.25. The molecule has 166 valence electrons. The predicted octanol–water partition coefficient (Wildman–Crippen LogP) is 2.35. The summed E-state index contributed by atoms with van der Waals surface area (Å²) in [6.45, 7) is 11.3. The number of aryl methyl sites for hydroxylation is 1. The molecular weight excluding hydrogens is 386 g/mol. The molecule has 1 atom stereocenters. The highest BCUT2D eigenvalue weighted by atomic mass is 16.5. The molecule has 0 radical (unpaired) electrons. The third-order valence-corrected chi connectivity index (χ3v) is 5.17. The number of carbonyl (C=O) groups is 3. The molecule has 0 spiro atoms. The zero-order valence-corrected chi connectivity index (χ0v) is 18.8. The number of unbranched alkanes of at least 4 members (excludes halogenated alkanes) is 1. The molecule has 2 heterocycles. The molecule has 0 aliphatic carbocycles. The van der Waals surface area contributed by atoms with Crippen molar-refractivity contribution in [3.8, 4) is 0 Å². The molecule has 0 aromatic carbocycles. The molecule has 1 aliphatic rings. The van der Waals surface area contributed by atoms with Gasteiger partial charge in [0.2, 0.25) is 0 Å². The average Bonchev–Trinajstić information content (AvgIpc) is 2.71. The maximum Gasteiger partial charge on any atom is 0.342 e. The Morgan fingerprint density at radius 1 is 1.23 bits per heavy atom. The maximum absolute atomic E-state index is 13.3. The minimum absolute atomic E-state index is 0.0612. The van der Waals surface area contributed by atoms with Crippen molar-refractivity contribution in [3.05, 3.63) is 22.8 Å². The van der Waals surface area contributed by atoms with Crippen molar-refractivity contribution < 1.29 is 19.1 Å². The summed E-state index contributed by atoms with van der Waals surface area (Å²) in [5.74, 6) is -0.614. The van der Waals surface area contributed by atoms with E-state index in [1.165, 1.54) is 7.11 Å². The van der Waals surface area contributed by atoms with Gasteiger partial charge in [-0.1, -0.05) is 27.2 Å². The van der Waals surface area contributed by atoms with Crippen LogP contribution in [0.25, 0.3) is 0 Å². The van der Waals surface area contributed by atoms with Gasteiger partial charge in [-0.15, -0.1) is 0 Å². The summed E-state index contributed by atoms with van der Waals surface area (Å²) in [6.07, 6.45) is 1.94. The summed E-state index contributed by atoms with van der Waals surface area (Å²) in [5, 5.41) is 2.92. The molecule has 0 bridgehead atoms. The zero-order chi connectivity index (χ0) is 22.4. The van der Waals surface area contributed by atoms with Crippen LogP contribution in [0.15, 0.2) is 0 Å². The minimum atomic E-state index is -0.621. The van der Waals surface area contributed by atoms with Crippen LogP contribution in [-0.2, 0) is 4.74 Å². The van der Waals surface area contributed by atoms with E-state index in [0.29, 0.717) is 37.7 Å². The lowest BCUT2D eigenvalue weighted by Crippen LogP contribution is -2.58. The molecule has 1 unspecified atom stereocenters. The van der Waals surface area contributed by atoms with Gasteiger partial charge in [0.05, 0.1) is 12.8 Å². The fraction of sp³-hybridized carbons (Fsp3) is 0.667. The summed E-state index contributed by atoms with van der Waals surface area (Å²) >= 11 is 0. The van der Waals surface area contributed by atoms with Crippen molar-refractivity contribution in [2.24, 2.45) is 0 Å². The summed E-state index contributed by atoms with van der Waals surface area (Å²) < 4.78 is 4.91. The molecule has 0 saturated carbocycles. The lowest BCUT2D eigenvalue weighted by Gasteiger charge is -2.39. The van der Waals surface area contributed by atoms with Crippen molar-refractivity contribution in [2.75, 3.05) is 33.3 Å². The SMILES string of the molecule is CCCCNC(=O)N1CCN(C(=O)c2nc(C)nc(C(C)C)c2C(=O)OC)CC1C. The number of rotatable bonds is 6. The standard InChI is InChI=1S/C21H33N5O4/c1-7-8-9-22-21(29)26-11-10-25(12-14(26)4)19(27)18-16(20(28)30-6)17(13(2)3)23-15(5)24-18/h13-14H,7-12H2,1-6H3,(H,22,29). The van der Waals surface area contributed by atoms with Gasteiger partial charge < -0.3 is 19.9 Å². The van der Waals surface area contributed by atoms with Crippen LogP contribution in [-0.4, -0.2) is 77.0 Å². The van der Waals surface area contributed by atoms with E-state index in [1.54, 1.807) is 16.7 Å². The smallest absolute Gasteiger partial charge is 0.342 e. The lowest BCUT2D eigenvalue weighted by atomic mass is 10.0. The first-order chi connectivity index (χ1) is 14.2. The molecule has 9 heteroatoms. The number of nitrogens with one attached hydrogen (secondary N) is 1. The molecule has 1 fully saturated rings. The number of esters is 1. The van der Waals surface area contributed by atoms with E-state index in [4.69, 9.17) is 4.74 Å². The Morgan fingerprint density at radius 2 is 1.93 bits per heavy atom. The van der Waals surface area contributed by atoms with E-state index in [2.05, 4.69) is 22.2 Å². The highest BCUT2D eigenvalue weighted by Gasteiger charge is 2.34. The van der Waals surface area contributed by atoms with Gasteiger partial charge >= 0.3 is 12.0 Å². The monoisotopic (exact) mass is 419 g/mol. The van der Waals surface area contributed by atoms with Gasteiger partial charge in [-0.3, -0.25) is 4.79 Å². The summed E-state index contributed by atoms with van der Waals surface area (Å²) in [7, 11) is 1.28. The predicted molar refractivity (Wildman–Crippen MR) is 113 cm³/mol. The van der Waals surface area contributed by atoms with Crippen molar-refractivity contribution in [1.29, 1.82) is 0 Å². The Bertz CT molecular complexity index is 796. The number of amides is 3. The van der Waals surface area contributed by atoms with Crippen molar-refractivity contribution >= 4 is 17.9 Å². The molecule has 9 nitrogen and oxygen atoms in total. The second-order valence-corrected chi connectivity index (χ2v) is 7.91. The Morgan fingerprint density at radius 3 is 2.50 bits per heavy atom. The van der Waals surface area contributed by atoms with E-state index in [-0.39, 0.29) is 35.2 Å². The van der Waals surface area contributed by atoms with E-state index in [9.17, 15) is 14.4 Å². The molecule has 1 aromatic heterocycles. The van der Waals surface area contributed by atoms with Crippen LogP contribution in [0.1, 0.15) is 78.8 Å². The Hall–Kier alpha value is -2.71. The summed E-state index contributed by atoms with van der Waals surface area (Å²) in [5.41, 5.74) is 0.682. The second kappa shape index (κ2) is 10.4. The minimum Gasteiger partial charge on any atom is -0.465 e. The molecular formula is C21H33N5O4. The van der Waals surface area contributed by atoms with Crippen molar-refractivity contribution in [3.63, 3.8) is 0 Å². The maximum atomic E-state index is 13.3. The first-order valence-electron chi connectivity index (χ1n) is 10.5. The van der Waals surface area contributed by atoms with Gasteiger partial charge in [-0.2, -0.15) is 0 Å². The number of aromatic nitrogens is 2. The number of piperazine rings is 1. The van der Waals surface area contributed by atoms with E-state index >= 15 is 0 Å². The van der Waals surface area contributed by atoms with Crippen LogP contribution >= 0.6 is 0 Å². The van der Waals surface area contributed by atoms with E-state index in [0.717, 1.165) is 12.8 Å². The number of nitrogens with zero attached hydrogens (tertiary/aromatic N) is 4. The normalized spacial score (nSPS) is 16.6. The molecule has 2 rings (SSSR count). The highest BCUT2D eigenvalue weighted by molar-refractivity contribution is 6.04. The molecule has 1 saturated heterocycles. The van der Waals surface area contributed by atoms with Gasteiger partial charge in [0.25, 0.3) is 5.91 Å². The first kappa shape index (κ1) is 23.6. The van der Waals surface area contributed by atoms with Crippen molar-refractivity contribution in [1.82, 2.24) is 25.1 Å². The molecule has 1 N–H and O–H groups in total. The number of ether oxygens (including phenoxy) is 1. The van der Waals surface area contributed by atoms with Gasteiger partial charge in [-0.25, -0.2) is 19.6 Å². The number of methoxy groups -OCH3 is 1. The topological polar surface area (TPSA) is 105 Å². The fourth-order valence-electron chi connectivity index (χ4n) is 3.54. The van der Waals surface area contributed by atoms with Crippen LogP contribution in [0.5, 0.6) is 0 Å². The number of hydrogen-bond donors (Lipinski definition) is 1. The van der Waals surface area contributed by atoms with E-state index in [1.807, 2.05) is 20.8 Å². The highest BCUT2D eigenvalue weighted by Crippen LogP contribution is 2.23. The summed E-state index contributed by atoms with van der Waals surface area (Å²) in [6, 6.07) is -0.267. The number of carbonyl (C=O) groups excluding carboxylic acids is 3. The van der Waals surface area contributed by atoms with Crippen LogP contribution in [0.3, 0.4) is 0 Å². The van der Waals surface area contributed by atoms with Crippen molar-refractivity contribution in [2.45, 2.75) is 59.4 Å². The zero-order valence-electron chi connectivity index (χ0n) is 18.8. The van der Waals surface area contributed by atoms with Gasteiger partial charge in [0.15, 0.2) is 0 Å².